The number of ether oxygens (including phenoxy) is 8. The Bertz CT molecular complexity index is 4930. The smallest absolute Gasteiger partial charge is 0.323 e. The molecule has 0 atom stereocenters. The van der Waals surface area contributed by atoms with Gasteiger partial charge in [0.05, 0.1) is 44.1 Å². The molecule has 0 unspecified atom stereocenters. The molecule has 17 rings (SSSR count). The van der Waals surface area contributed by atoms with Crippen molar-refractivity contribution in [2.24, 2.45) is 0 Å². The van der Waals surface area contributed by atoms with Gasteiger partial charge in [-0.3, -0.25) is 0 Å². The average molecular weight is 1510 g/mol. The van der Waals surface area contributed by atoms with Crippen molar-refractivity contribution in [2.45, 2.75) is 205 Å². The molecular formula is C92H96N8O12. The maximum absolute atomic E-state index is 13.4. The fourth-order valence-electron chi connectivity index (χ4n) is 17.0. The lowest BCUT2D eigenvalue weighted by Crippen LogP contribution is -2.13. The molecule has 0 fully saturated rings. The van der Waals surface area contributed by atoms with Gasteiger partial charge in [-0.25, -0.2) is 19.2 Å². The van der Waals surface area contributed by atoms with E-state index in [4.69, 9.17) is 37.9 Å². The van der Waals surface area contributed by atoms with Gasteiger partial charge in [0, 0.05) is 141 Å². The number of H-pyrrole nitrogens is 8. The molecule has 0 saturated carbocycles. The van der Waals surface area contributed by atoms with Gasteiger partial charge in [0.1, 0.15) is 46.0 Å². The van der Waals surface area contributed by atoms with E-state index in [9.17, 15) is 19.2 Å². The Kier molecular flexibility index (Phi) is 21.0. The summed E-state index contributed by atoms with van der Waals surface area (Å²) < 4.78 is 60.5. The van der Waals surface area contributed by atoms with Crippen molar-refractivity contribution in [1.82, 2.24) is 39.9 Å². The minimum absolute atomic E-state index is 0.321. The number of fused-ring (bicyclic) bond motifs is 8. The molecule has 0 amide bonds. The summed E-state index contributed by atoms with van der Waals surface area (Å²) in [7, 11) is 0. The van der Waals surface area contributed by atoms with Gasteiger partial charge in [-0.05, 0) is 127 Å². The maximum atomic E-state index is 13.4. The van der Waals surface area contributed by atoms with Gasteiger partial charge in [-0.15, -0.1) is 0 Å². The SMILES string of the molecule is CCCCC/C=C\CCC1c2cc3c4cc2Oc2cc5[nH]c(=O)[nH]c5cc2Oc2cc5c(cc21)C(CC/C=C\CCCCC)c1cc2c(cc1Oc1cc6[nH]c(=O)[nH]c6cc1O5)Oc1cc5[nH]c(=O)[nH]c5cc1Oc1cc(c(cc1C2CC/C=C\CCCCC)C3CC/C=C\CCCCC)Oc1cc2[nH]c(=O)[nH]c2cc1O4. The number of hydrogen-bond acceptors (Lipinski definition) is 12. The van der Waals surface area contributed by atoms with E-state index in [1.165, 1.54) is 0 Å². The molecule has 4 aliphatic heterocycles. The Balaban J connectivity index is 1.02. The van der Waals surface area contributed by atoms with E-state index in [0.717, 1.165) is 147 Å². The molecule has 0 spiro atoms. The average Bonchev–Trinajstić information content (AvgIpc) is 1.74. The Hall–Kier alpha value is -11.8. The lowest BCUT2D eigenvalue weighted by atomic mass is 9.76. The summed E-state index contributed by atoms with van der Waals surface area (Å²) in [6, 6.07) is 31.7. The first-order chi connectivity index (χ1) is 54.9. The zero-order chi connectivity index (χ0) is 76.3. The van der Waals surface area contributed by atoms with Crippen LogP contribution in [0, 0.1) is 0 Å². The lowest BCUT2D eigenvalue weighted by Gasteiger charge is -2.30. The van der Waals surface area contributed by atoms with Gasteiger partial charge in [0.2, 0.25) is 0 Å². The van der Waals surface area contributed by atoms with Gasteiger partial charge in [-0.2, -0.15) is 0 Å². The largest absolute Gasteiger partial charge is 0.453 e. The molecule has 5 aliphatic rings. The monoisotopic (exact) mass is 1500 g/mol. The van der Waals surface area contributed by atoms with Crippen LogP contribution in [0.2, 0.25) is 0 Å². The third-order valence-electron chi connectivity index (χ3n) is 22.7. The highest BCUT2D eigenvalue weighted by Crippen LogP contribution is 2.60. The molecule has 8 aromatic carbocycles. The number of benzene rings is 8. The first-order valence-electron chi connectivity index (χ1n) is 40.7. The lowest BCUT2D eigenvalue weighted by molar-refractivity contribution is 0.401. The molecule has 12 aromatic rings. The first kappa shape index (κ1) is 73.0. The minimum Gasteiger partial charge on any atom is -0.453 e. The highest BCUT2D eigenvalue weighted by molar-refractivity contribution is 5.84. The van der Waals surface area contributed by atoms with E-state index in [1.54, 1.807) is 48.5 Å². The molecule has 1 aliphatic carbocycles. The zero-order valence-corrected chi connectivity index (χ0v) is 64.0. The summed E-state index contributed by atoms with van der Waals surface area (Å²) in [5.41, 5.74) is 9.31. The molecule has 8 heterocycles. The molecule has 20 nitrogen and oxygen atoms in total. The first-order valence-corrected chi connectivity index (χ1v) is 40.7. The molecule has 4 aromatic heterocycles. The molecule has 0 saturated heterocycles. The predicted molar refractivity (Wildman–Crippen MR) is 439 cm³/mol. The van der Waals surface area contributed by atoms with Gasteiger partial charge in [0.25, 0.3) is 0 Å². The molecule has 8 bridgehead atoms. The number of aromatic nitrogens is 8. The standard InChI is InChI=1S/C92H96N8O12/c1-5-9-13-17-21-25-29-33-53-57-37-59-54(34-30-26-22-18-14-10-6-2)61-39-63-56(36-32-28-24-20-16-12-8-4)64-40-62-55(35-31-27-23-19-15-11-7-3)60-38-58(53)74-50-76(60)108-84-44-68-70(98-91(103)96-68)46-86(84)110-78(62)52-80(64)112-88-48-72-71(99-92(104)100-72)47-87(88)111-79(63)51-77(61)109-85-45-69-67(95-90(102)97-69)43-83(85)107-75(59)49-73(57)105-81-41-65-66(42-82(81)106-74)94-89(101)93-65/h21-28,37-56H,5-20,29-36H2,1-4H3,(H2,93,94,101)(H2,95,97,102)(H2,96,98,103)(H2,99,100,104)/b25-21-,26-22-,27-23-,28-24-. The van der Waals surface area contributed by atoms with E-state index in [1.807, 2.05) is 24.3 Å². The fourth-order valence-corrected chi connectivity index (χ4v) is 17.0. The van der Waals surface area contributed by atoms with Crippen LogP contribution in [0.5, 0.6) is 92.0 Å². The van der Waals surface area contributed by atoms with E-state index >= 15 is 0 Å². The maximum Gasteiger partial charge on any atom is 0.323 e. The van der Waals surface area contributed by atoms with Crippen LogP contribution in [0.25, 0.3) is 44.1 Å². The van der Waals surface area contributed by atoms with Crippen LogP contribution in [0.15, 0.2) is 165 Å². The zero-order valence-electron chi connectivity index (χ0n) is 64.0. The molecule has 576 valence electrons. The number of unbranched alkanes of at least 4 members (excludes halogenated alkanes) is 12. The van der Waals surface area contributed by atoms with Crippen LogP contribution in [0.1, 0.15) is 250 Å². The second kappa shape index (κ2) is 32.3. The second-order valence-corrected chi connectivity index (χ2v) is 30.6. The van der Waals surface area contributed by atoms with Crippen LogP contribution >= 0.6 is 0 Å². The van der Waals surface area contributed by atoms with Crippen LogP contribution in [0.3, 0.4) is 0 Å². The van der Waals surface area contributed by atoms with Crippen LogP contribution < -0.4 is 60.7 Å². The van der Waals surface area contributed by atoms with Crippen molar-refractivity contribution < 1.29 is 37.9 Å². The molecule has 0 radical (unpaired) electrons. The van der Waals surface area contributed by atoms with Gasteiger partial charge in [0.15, 0.2) is 46.0 Å². The van der Waals surface area contributed by atoms with Gasteiger partial charge in [-0.1, -0.05) is 128 Å². The quantitative estimate of drug-likeness (QED) is 0.0168. The van der Waals surface area contributed by atoms with E-state index in [0.29, 0.717) is 187 Å². The van der Waals surface area contributed by atoms with E-state index < -0.39 is 46.4 Å². The van der Waals surface area contributed by atoms with Gasteiger partial charge >= 0.3 is 22.8 Å². The summed E-state index contributed by atoms with van der Waals surface area (Å²) in [4.78, 5) is 77.6. The fraction of sp³-hybridized carbons (Fsp3) is 0.348. The van der Waals surface area contributed by atoms with E-state index in [2.05, 4.69) is 140 Å². The van der Waals surface area contributed by atoms with Crippen molar-refractivity contribution in [3.63, 3.8) is 0 Å². The van der Waals surface area contributed by atoms with Crippen molar-refractivity contribution in [1.29, 1.82) is 0 Å². The summed E-state index contributed by atoms with van der Waals surface area (Å²) >= 11 is 0. The van der Waals surface area contributed by atoms with Gasteiger partial charge < -0.3 is 77.8 Å². The Morgan fingerprint density at radius 3 is 0.536 bits per heavy atom. The Morgan fingerprint density at radius 1 is 0.214 bits per heavy atom. The summed E-state index contributed by atoms with van der Waals surface area (Å²) in [5, 5.41) is 0. The summed E-state index contributed by atoms with van der Waals surface area (Å²) in [5.74, 6) is 4.56. The number of nitrogens with one attached hydrogen (secondary N) is 8. The van der Waals surface area contributed by atoms with Crippen LogP contribution in [-0.4, -0.2) is 39.9 Å². The number of hydrogen-bond donors (Lipinski definition) is 8. The second-order valence-electron chi connectivity index (χ2n) is 30.6. The number of aromatic amines is 8. The van der Waals surface area contributed by atoms with E-state index in [-0.39, 0.29) is 0 Å². The summed E-state index contributed by atoms with van der Waals surface area (Å²) in [6.07, 6.45) is 40.7. The predicted octanol–water partition coefficient (Wildman–Crippen LogP) is 24.5. The van der Waals surface area contributed by atoms with Crippen molar-refractivity contribution in [3.8, 4) is 92.0 Å². The highest BCUT2D eigenvalue weighted by Gasteiger charge is 2.39. The molecular weight excluding hydrogens is 1410 g/mol. The van der Waals surface area contributed by atoms with Crippen molar-refractivity contribution in [2.75, 3.05) is 0 Å². The molecule has 8 N–H and O–H groups in total. The Labute approximate surface area is 648 Å². The minimum atomic E-state index is -0.475. The number of allylic oxidation sites excluding steroid dienone is 8. The van der Waals surface area contributed by atoms with Crippen molar-refractivity contribution >= 4 is 44.1 Å². The van der Waals surface area contributed by atoms with Crippen LogP contribution in [-0.2, 0) is 0 Å². The third-order valence-corrected chi connectivity index (χ3v) is 22.7. The number of imidazole rings is 4. The molecule has 20 heteroatoms. The topological polar surface area (TPSA) is 268 Å². The van der Waals surface area contributed by atoms with Crippen molar-refractivity contribution in [3.05, 3.63) is 232 Å². The number of rotatable bonds is 28. The van der Waals surface area contributed by atoms with Crippen LogP contribution in [0.4, 0.5) is 0 Å². The Morgan fingerprint density at radius 2 is 0.375 bits per heavy atom. The molecule has 112 heavy (non-hydrogen) atoms. The third kappa shape index (κ3) is 15.1. The summed E-state index contributed by atoms with van der Waals surface area (Å²) in [6.45, 7) is 8.92. The normalized spacial score (nSPS) is 16.4. The highest BCUT2D eigenvalue weighted by atomic mass is 16.5.